The minimum Gasteiger partial charge on any atom is -0.377 e. The highest BCUT2D eigenvalue weighted by Gasteiger charge is 2.46. The van der Waals surface area contributed by atoms with Crippen molar-refractivity contribution >= 4 is 0 Å². The second-order valence-electron chi connectivity index (χ2n) is 6.49. The molecule has 4 nitrogen and oxygen atoms in total. The molecule has 1 saturated heterocycles. The highest BCUT2D eigenvalue weighted by Crippen LogP contribution is 2.40. The maximum Gasteiger partial charge on any atom is 0.122 e. The van der Waals surface area contributed by atoms with Gasteiger partial charge in [0.05, 0.1) is 12.2 Å². The summed E-state index contributed by atoms with van der Waals surface area (Å²) in [4.78, 5) is 2.27. The number of hydrogen-bond donors (Lipinski definition) is 1. The van der Waals surface area contributed by atoms with Gasteiger partial charge in [0.15, 0.2) is 0 Å². The predicted octanol–water partition coefficient (Wildman–Crippen LogP) is 1.77. The number of rotatable bonds is 7. The first-order chi connectivity index (χ1) is 9.05. The lowest BCUT2D eigenvalue weighted by Crippen LogP contribution is -2.56. The lowest BCUT2D eigenvalue weighted by atomic mass is 9.93. The smallest absolute Gasteiger partial charge is 0.122 e. The van der Waals surface area contributed by atoms with E-state index in [1.54, 1.807) is 0 Å². The molecule has 19 heavy (non-hydrogen) atoms. The van der Waals surface area contributed by atoms with Crippen LogP contribution in [0.1, 0.15) is 39.5 Å². The molecule has 0 bridgehead atoms. The summed E-state index contributed by atoms with van der Waals surface area (Å²) in [5, 5.41) is 13.2. The number of ether oxygens (including phenoxy) is 1. The van der Waals surface area contributed by atoms with E-state index < -0.39 is 0 Å². The molecule has 4 heteroatoms. The Morgan fingerprint density at radius 2 is 2.16 bits per heavy atom. The van der Waals surface area contributed by atoms with Crippen molar-refractivity contribution in [3.63, 3.8) is 0 Å². The molecule has 2 rings (SSSR count). The summed E-state index contributed by atoms with van der Waals surface area (Å²) in [6, 6.07) is 2.91. The molecule has 2 aliphatic rings. The SMILES string of the molecule is CC(C)NC(C#N)(CN(C)CC1CCCO1)C1CC1. The Morgan fingerprint density at radius 3 is 2.63 bits per heavy atom. The van der Waals surface area contributed by atoms with Crippen LogP contribution >= 0.6 is 0 Å². The van der Waals surface area contributed by atoms with Crippen molar-refractivity contribution in [2.24, 2.45) is 5.92 Å². The Bertz CT molecular complexity index is 329. The van der Waals surface area contributed by atoms with E-state index >= 15 is 0 Å². The van der Waals surface area contributed by atoms with Crippen molar-refractivity contribution in [1.82, 2.24) is 10.2 Å². The minimum atomic E-state index is -0.373. The fourth-order valence-electron chi connectivity index (χ4n) is 3.17. The van der Waals surface area contributed by atoms with E-state index in [4.69, 9.17) is 4.74 Å². The standard InChI is InChI=1S/C15H27N3O/c1-12(2)17-15(10-16,13-6-7-13)11-18(3)9-14-5-4-8-19-14/h12-14,17H,4-9,11H2,1-3H3. The van der Waals surface area contributed by atoms with Gasteiger partial charge in [-0.05, 0) is 52.5 Å². The summed E-state index contributed by atoms with van der Waals surface area (Å²) in [7, 11) is 2.11. The van der Waals surface area contributed by atoms with Crippen LogP contribution in [0.2, 0.25) is 0 Å². The first-order valence-electron chi connectivity index (χ1n) is 7.55. The highest BCUT2D eigenvalue weighted by atomic mass is 16.5. The van der Waals surface area contributed by atoms with Gasteiger partial charge in [0.25, 0.3) is 0 Å². The maximum absolute atomic E-state index is 9.68. The Labute approximate surface area is 117 Å². The van der Waals surface area contributed by atoms with Gasteiger partial charge < -0.3 is 9.64 Å². The Balaban J connectivity index is 1.92. The topological polar surface area (TPSA) is 48.3 Å². The zero-order chi connectivity index (χ0) is 13.9. The third-order valence-electron chi connectivity index (χ3n) is 4.08. The molecule has 0 aromatic carbocycles. The lowest BCUT2D eigenvalue weighted by molar-refractivity contribution is 0.0728. The second kappa shape index (κ2) is 6.21. The number of hydrogen-bond acceptors (Lipinski definition) is 4. The minimum absolute atomic E-state index is 0.344. The number of likely N-dealkylation sites (N-methyl/N-ethyl adjacent to an activating group) is 1. The molecule has 108 valence electrons. The van der Waals surface area contributed by atoms with Crippen LogP contribution in [0.3, 0.4) is 0 Å². The van der Waals surface area contributed by atoms with Crippen LogP contribution in [0, 0.1) is 17.2 Å². The van der Waals surface area contributed by atoms with Crippen LogP contribution in [0.15, 0.2) is 0 Å². The quantitative estimate of drug-likeness (QED) is 0.762. The van der Waals surface area contributed by atoms with Crippen molar-refractivity contribution in [3.05, 3.63) is 0 Å². The van der Waals surface area contributed by atoms with E-state index in [1.807, 2.05) is 0 Å². The van der Waals surface area contributed by atoms with Gasteiger partial charge in [-0.1, -0.05) is 0 Å². The van der Waals surface area contributed by atoms with Gasteiger partial charge in [-0.25, -0.2) is 0 Å². The van der Waals surface area contributed by atoms with E-state index in [2.05, 4.69) is 37.2 Å². The van der Waals surface area contributed by atoms with E-state index in [-0.39, 0.29) is 5.54 Å². The zero-order valence-electron chi connectivity index (χ0n) is 12.5. The molecule has 0 aromatic rings. The summed E-state index contributed by atoms with van der Waals surface area (Å²) in [5.74, 6) is 0.520. The van der Waals surface area contributed by atoms with E-state index in [1.165, 1.54) is 19.3 Å². The molecule has 0 amide bonds. The molecule has 1 aliphatic heterocycles. The molecule has 1 heterocycles. The lowest BCUT2D eigenvalue weighted by Gasteiger charge is -2.35. The van der Waals surface area contributed by atoms with Gasteiger partial charge in [0.2, 0.25) is 0 Å². The van der Waals surface area contributed by atoms with Crippen molar-refractivity contribution in [1.29, 1.82) is 5.26 Å². The molecular formula is C15H27N3O. The molecule has 0 aromatic heterocycles. The van der Waals surface area contributed by atoms with E-state index in [0.717, 1.165) is 26.1 Å². The highest BCUT2D eigenvalue weighted by molar-refractivity contribution is 5.17. The average Bonchev–Trinajstić information content (AvgIpc) is 3.08. The van der Waals surface area contributed by atoms with Gasteiger partial charge in [-0.3, -0.25) is 5.32 Å². The van der Waals surface area contributed by atoms with Gasteiger partial charge >= 0.3 is 0 Å². The number of nitrogens with one attached hydrogen (secondary N) is 1. The summed E-state index contributed by atoms with van der Waals surface area (Å²) in [6.45, 7) is 6.88. The fourth-order valence-corrected chi connectivity index (χ4v) is 3.17. The van der Waals surface area contributed by atoms with Gasteiger partial charge in [-0.2, -0.15) is 5.26 Å². The molecule has 1 saturated carbocycles. The molecule has 2 unspecified atom stereocenters. The largest absolute Gasteiger partial charge is 0.377 e. The van der Waals surface area contributed by atoms with Gasteiger partial charge in [0, 0.05) is 25.7 Å². The third kappa shape index (κ3) is 3.92. The summed E-state index contributed by atoms with van der Waals surface area (Å²) in [5.41, 5.74) is -0.373. The zero-order valence-corrected chi connectivity index (χ0v) is 12.5. The molecule has 2 atom stereocenters. The molecule has 1 aliphatic carbocycles. The first-order valence-corrected chi connectivity index (χ1v) is 7.55. The molecule has 0 spiro atoms. The van der Waals surface area contributed by atoms with Crippen molar-refractivity contribution in [3.8, 4) is 6.07 Å². The number of nitriles is 1. The van der Waals surface area contributed by atoms with Gasteiger partial charge in [0.1, 0.15) is 5.54 Å². The Hall–Kier alpha value is -0.630. The van der Waals surface area contributed by atoms with Crippen molar-refractivity contribution in [2.45, 2.75) is 57.2 Å². The van der Waals surface area contributed by atoms with Crippen LogP contribution in [-0.2, 0) is 4.74 Å². The van der Waals surface area contributed by atoms with Crippen LogP contribution in [0.25, 0.3) is 0 Å². The monoisotopic (exact) mass is 265 g/mol. The van der Waals surface area contributed by atoms with Crippen LogP contribution in [0.4, 0.5) is 0 Å². The fraction of sp³-hybridized carbons (Fsp3) is 0.933. The van der Waals surface area contributed by atoms with E-state index in [0.29, 0.717) is 18.1 Å². The maximum atomic E-state index is 9.68. The Kier molecular flexibility index (Phi) is 4.83. The van der Waals surface area contributed by atoms with Crippen LogP contribution < -0.4 is 5.32 Å². The summed E-state index contributed by atoms with van der Waals surface area (Å²) in [6.07, 6.45) is 5.06. The van der Waals surface area contributed by atoms with Gasteiger partial charge in [-0.15, -0.1) is 0 Å². The van der Waals surface area contributed by atoms with Crippen LogP contribution in [0.5, 0.6) is 0 Å². The Morgan fingerprint density at radius 1 is 1.42 bits per heavy atom. The third-order valence-corrected chi connectivity index (χ3v) is 4.08. The number of nitrogens with zero attached hydrogens (tertiary/aromatic N) is 2. The summed E-state index contributed by atoms with van der Waals surface area (Å²) >= 11 is 0. The predicted molar refractivity (Wildman–Crippen MR) is 75.8 cm³/mol. The van der Waals surface area contributed by atoms with Crippen molar-refractivity contribution < 1.29 is 4.74 Å². The first kappa shape index (κ1) is 14.8. The van der Waals surface area contributed by atoms with Crippen LogP contribution in [-0.4, -0.2) is 49.3 Å². The van der Waals surface area contributed by atoms with Crippen molar-refractivity contribution in [2.75, 3.05) is 26.7 Å². The average molecular weight is 265 g/mol. The molecule has 2 fully saturated rings. The normalized spacial score (nSPS) is 26.6. The molecule has 1 N–H and O–H groups in total. The molecular weight excluding hydrogens is 238 g/mol. The van der Waals surface area contributed by atoms with E-state index in [9.17, 15) is 5.26 Å². The molecule has 0 radical (unpaired) electrons. The summed E-state index contributed by atoms with van der Waals surface area (Å²) < 4.78 is 5.68. The second-order valence-corrected chi connectivity index (χ2v) is 6.49.